The average Bonchev–Trinajstić information content (AvgIpc) is 2.82. The minimum Gasteiger partial charge on any atom is -0.493 e. The molecule has 0 N–H and O–H groups in total. The summed E-state index contributed by atoms with van der Waals surface area (Å²) in [5.41, 5.74) is 0.938. The van der Waals surface area contributed by atoms with Gasteiger partial charge in [-0.05, 0) is 36.6 Å². The second-order valence-electron chi connectivity index (χ2n) is 6.01. The van der Waals surface area contributed by atoms with Crippen molar-refractivity contribution < 1.29 is 28.1 Å². The monoisotopic (exact) mass is 443 g/mol. The van der Waals surface area contributed by atoms with Gasteiger partial charge in [0.05, 0.1) is 31.5 Å². The van der Waals surface area contributed by atoms with Crippen LogP contribution < -0.4 is 14.2 Å². The minimum atomic E-state index is -0.859. The zero-order chi connectivity index (χ0) is 22.4. The molecule has 0 radical (unpaired) electrons. The molecule has 0 aliphatic carbocycles. The first-order valence-electron chi connectivity index (χ1n) is 8.98. The predicted octanol–water partition coefficient (Wildman–Crippen LogP) is 4.13. The summed E-state index contributed by atoms with van der Waals surface area (Å²) in [4.78, 5) is 20.2. The molecule has 2 aromatic carbocycles. The lowest BCUT2D eigenvalue weighted by Crippen LogP contribution is -2.21. The Morgan fingerprint density at radius 3 is 2.45 bits per heavy atom. The van der Waals surface area contributed by atoms with E-state index in [2.05, 4.69) is 14.7 Å². The van der Waals surface area contributed by atoms with Gasteiger partial charge in [-0.3, -0.25) is 0 Å². The van der Waals surface area contributed by atoms with Gasteiger partial charge >= 0.3 is 6.09 Å². The highest BCUT2D eigenvalue weighted by atomic mass is 32.2. The summed E-state index contributed by atoms with van der Waals surface area (Å²) in [5, 5.41) is 9.12. The Bertz CT molecular complexity index is 1090. The first-order chi connectivity index (χ1) is 15.0. The largest absolute Gasteiger partial charge is 0.493 e. The Labute approximate surface area is 182 Å². The number of carbonyl (C=O) groups is 1. The molecule has 0 saturated heterocycles. The molecular formula is C21H18FN3O5S. The summed E-state index contributed by atoms with van der Waals surface area (Å²) in [6.45, 7) is 0.429. The molecule has 0 atom stereocenters. The van der Waals surface area contributed by atoms with Crippen molar-refractivity contribution in [2.24, 2.45) is 9.98 Å². The zero-order valence-corrected chi connectivity index (χ0v) is 17.8. The van der Waals surface area contributed by atoms with Gasteiger partial charge in [-0.1, -0.05) is 0 Å². The fourth-order valence-electron chi connectivity index (χ4n) is 2.76. The van der Waals surface area contributed by atoms with Crippen LogP contribution in [0.4, 0.5) is 14.9 Å². The number of carbonyl (C=O) groups excluding carboxylic acids is 1. The van der Waals surface area contributed by atoms with Crippen LogP contribution in [0.2, 0.25) is 0 Å². The van der Waals surface area contributed by atoms with Crippen LogP contribution in [0.25, 0.3) is 0 Å². The highest BCUT2D eigenvalue weighted by Crippen LogP contribution is 2.43. The number of benzene rings is 2. The number of ether oxygens (including phenoxy) is 4. The molecule has 160 valence electrons. The van der Waals surface area contributed by atoms with Crippen LogP contribution >= 0.6 is 11.8 Å². The van der Waals surface area contributed by atoms with Gasteiger partial charge in [0.25, 0.3) is 0 Å². The Kier molecular flexibility index (Phi) is 7.10. The number of halogens is 1. The van der Waals surface area contributed by atoms with Crippen molar-refractivity contribution in [1.82, 2.24) is 0 Å². The molecule has 8 nitrogen and oxygen atoms in total. The minimum absolute atomic E-state index is 0.00228. The Morgan fingerprint density at radius 2 is 1.87 bits per heavy atom. The number of thioether (sulfide) groups is 1. The van der Waals surface area contributed by atoms with Crippen LogP contribution in [0.5, 0.6) is 17.2 Å². The summed E-state index contributed by atoms with van der Waals surface area (Å²) in [5.74, 6) is -0.429. The average molecular weight is 443 g/mol. The number of aliphatic imine (C=N–C) groups is 2. The molecule has 0 fully saturated rings. The first kappa shape index (κ1) is 22.1. The number of amides is 1. The normalized spacial score (nSPS) is 13.4. The molecular weight excluding hydrogens is 425 g/mol. The topological polar surface area (TPSA) is 103 Å². The van der Waals surface area contributed by atoms with Crippen LogP contribution in [0, 0.1) is 17.1 Å². The van der Waals surface area contributed by atoms with E-state index in [-0.39, 0.29) is 46.8 Å². The maximum atomic E-state index is 15.5. The summed E-state index contributed by atoms with van der Waals surface area (Å²) in [6.07, 6.45) is 0.810. The highest BCUT2D eigenvalue weighted by molar-refractivity contribution is 8.15. The van der Waals surface area contributed by atoms with E-state index < -0.39 is 11.9 Å². The molecule has 0 unspecified atom stereocenters. The SMILES string of the molecule is COC(=O)/N=C(\SC)C(=Nc1ccc(C#N)cc1)c1cc(OC)c2c(c1F)OCCO2. The van der Waals surface area contributed by atoms with Crippen molar-refractivity contribution in [2.75, 3.05) is 33.7 Å². The van der Waals surface area contributed by atoms with Gasteiger partial charge in [0.1, 0.15) is 24.0 Å². The molecule has 0 aromatic heterocycles. The van der Waals surface area contributed by atoms with E-state index in [0.29, 0.717) is 11.3 Å². The molecule has 31 heavy (non-hydrogen) atoms. The van der Waals surface area contributed by atoms with Gasteiger partial charge in [-0.25, -0.2) is 14.2 Å². The van der Waals surface area contributed by atoms with E-state index in [1.165, 1.54) is 20.3 Å². The number of nitriles is 1. The standard InChI is InChI=1S/C21H18FN3O5S/c1-27-15-10-14(16(22)19-18(15)29-8-9-30-19)17(20(31-3)25-21(26)28-2)24-13-6-4-12(11-23)5-7-13/h4-7,10H,8-9H2,1-3H3/b24-17?,25-20-. The fourth-order valence-corrected chi connectivity index (χ4v) is 3.27. The summed E-state index contributed by atoms with van der Waals surface area (Å²) in [7, 11) is 2.61. The second-order valence-corrected chi connectivity index (χ2v) is 6.80. The predicted molar refractivity (Wildman–Crippen MR) is 115 cm³/mol. The van der Waals surface area contributed by atoms with Crippen LogP contribution in [0.1, 0.15) is 11.1 Å². The molecule has 0 bridgehead atoms. The molecule has 2 aromatic rings. The van der Waals surface area contributed by atoms with Crippen molar-refractivity contribution in [3.63, 3.8) is 0 Å². The molecule has 3 rings (SSSR count). The molecule has 0 saturated carbocycles. The van der Waals surface area contributed by atoms with E-state index in [1.54, 1.807) is 30.5 Å². The van der Waals surface area contributed by atoms with Gasteiger partial charge in [-0.2, -0.15) is 10.3 Å². The lowest BCUT2D eigenvalue weighted by Gasteiger charge is -2.22. The van der Waals surface area contributed by atoms with Crippen molar-refractivity contribution in [2.45, 2.75) is 0 Å². The number of rotatable bonds is 4. The quantitative estimate of drug-likeness (QED) is 0.517. The maximum Gasteiger partial charge on any atom is 0.434 e. The molecule has 1 amide bonds. The van der Waals surface area contributed by atoms with Gasteiger partial charge in [-0.15, -0.1) is 11.8 Å². The number of nitrogens with zero attached hydrogens (tertiary/aromatic N) is 3. The smallest absolute Gasteiger partial charge is 0.434 e. The van der Waals surface area contributed by atoms with Gasteiger partial charge in [0.2, 0.25) is 11.5 Å². The molecule has 1 heterocycles. The number of hydrogen-bond donors (Lipinski definition) is 0. The number of hydrogen-bond acceptors (Lipinski definition) is 8. The molecule has 10 heteroatoms. The zero-order valence-electron chi connectivity index (χ0n) is 17.0. The summed E-state index contributed by atoms with van der Waals surface area (Å²) in [6, 6.07) is 9.78. The fraction of sp³-hybridized carbons (Fsp3) is 0.238. The Hall–Kier alpha value is -3.58. The maximum absolute atomic E-state index is 15.5. The lowest BCUT2D eigenvalue weighted by atomic mass is 10.1. The summed E-state index contributed by atoms with van der Waals surface area (Å²) >= 11 is 1.09. The Morgan fingerprint density at radius 1 is 1.19 bits per heavy atom. The van der Waals surface area contributed by atoms with Crippen LogP contribution in [-0.4, -0.2) is 50.5 Å². The van der Waals surface area contributed by atoms with Crippen LogP contribution in [0.3, 0.4) is 0 Å². The molecule has 0 spiro atoms. The van der Waals surface area contributed by atoms with E-state index in [4.69, 9.17) is 19.5 Å². The first-order valence-corrected chi connectivity index (χ1v) is 10.2. The van der Waals surface area contributed by atoms with Crippen molar-refractivity contribution in [3.05, 3.63) is 47.3 Å². The summed E-state index contributed by atoms with van der Waals surface area (Å²) < 4.78 is 36.4. The van der Waals surface area contributed by atoms with E-state index in [9.17, 15) is 4.79 Å². The van der Waals surface area contributed by atoms with E-state index in [1.807, 2.05) is 6.07 Å². The lowest BCUT2D eigenvalue weighted by molar-refractivity contribution is 0.158. The third-order valence-corrected chi connectivity index (χ3v) is 4.86. The van der Waals surface area contributed by atoms with E-state index >= 15 is 4.39 Å². The van der Waals surface area contributed by atoms with Crippen LogP contribution in [-0.2, 0) is 4.74 Å². The molecule has 1 aliphatic rings. The number of fused-ring (bicyclic) bond motifs is 1. The van der Waals surface area contributed by atoms with E-state index in [0.717, 1.165) is 11.8 Å². The van der Waals surface area contributed by atoms with Crippen molar-refractivity contribution >= 4 is 34.3 Å². The van der Waals surface area contributed by atoms with Gasteiger partial charge < -0.3 is 18.9 Å². The molecule has 1 aliphatic heterocycles. The third kappa shape index (κ3) is 4.78. The number of methoxy groups -OCH3 is 2. The van der Waals surface area contributed by atoms with Crippen molar-refractivity contribution in [3.8, 4) is 23.3 Å². The second kappa shape index (κ2) is 9.95. The Balaban J connectivity index is 2.25. The highest BCUT2D eigenvalue weighted by Gasteiger charge is 2.28. The third-order valence-electron chi connectivity index (χ3n) is 4.19. The van der Waals surface area contributed by atoms with Gasteiger partial charge in [0, 0.05) is 5.56 Å². The van der Waals surface area contributed by atoms with Crippen LogP contribution in [0.15, 0.2) is 40.3 Å². The van der Waals surface area contributed by atoms with Crippen molar-refractivity contribution in [1.29, 1.82) is 5.26 Å². The van der Waals surface area contributed by atoms with Gasteiger partial charge in [0.15, 0.2) is 11.6 Å².